The van der Waals surface area contributed by atoms with Crippen molar-refractivity contribution >= 4 is 56.5 Å². The molecular formula is C41H25NO3. The number of carboxylic acids is 1. The summed E-state index contributed by atoms with van der Waals surface area (Å²) in [5, 5.41) is 19.6. The van der Waals surface area contributed by atoms with E-state index in [0.29, 0.717) is 24.2 Å². The van der Waals surface area contributed by atoms with E-state index in [9.17, 15) is 4.79 Å². The van der Waals surface area contributed by atoms with Gasteiger partial charge in [0.1, 0.15) is 0 Å². The van der Waals surface area contributed by atoms with Crippen LogP contribution in [0.1, 0.15) is 87.1 Å². The van der Waals surface area contributed by atoms with Gasteiger partial charge in [0, 0.05) is 30.1 Å². The minimum absolute atomic E-state index is 0.137. The number of benzene rings is 4. The molecule has 0 radical (unpaired) electrons. The van der Waals surface area contributed by atoms with Crippen LogP contribution in [0.15, 0.2) is 59.3 Å². The highest BCUT2D eigenvalue weighted by molar-refractivity contribution is 6.35. The van der Waals surface area contributed by atoms with Gasteiger partial charge in [0.05, 0.1) is 5.71 Å². The number of aliphatic carboxylic acids is 1. The van der Waals surface area contributed by atoms with Gasteiger partial charge < -0.3 is 9.94 Å². The Bertz CT molecular complexity index is 2530. The number of allylic oxidation sites excluding steroid dienone is 8. The van der Waals surface area contributed by atoms with E-state index in [1.807, 2.05) is 0 Å². The summed E-state index contributed by atoms with van der Waals surface area (Å²) in [6.45, 7) is -0.426. The number of hydrogen-bond acceptors (Lipinski definition) is 3. The van der Waals surface area contributed by atoms with E-state index >= 15 is 0 Å². The zero-order chi connectivity index (χ0) is 29.0. The van der Waals surface area contributed by atoms with Crippen molar-refractivity contribution in [2.45, 2.75) is 43.4 Å². The number of carbonyl (C=O) groups is 1. The number of carboxylic acid groups (broad SMARTS) is 1. The molecule has 45 heavy (non-hydrogen) atoms. The molecule has 4 unspecified atom stereocenters. The Labute approximate surface area is 258 Å². The van der Waals surface area contributed by atoms with Gasteiger partial charge in [-0.15, -0.1) is 0 Å². The molecule has 0 aliphatic heterocycles. The molecule has 212 valence electrons. The van der Waals surface area contributed by atoms with Gasteiger partial charge in [-0.25, -0.2) is 4.79 Å². The van der Waals surface area contributed by atoms with E-state index in [2.05, 4.69) is 65.9 Å². The molecule has 0 saturated carbocycles. The quantitative estimate of drug-likeness (QED) is 0.172. The topological polar surface area (TPSA) is 58.9 Å². The van der Waals surface area contributed by atoms with Crippen molar-refractivity contribution in [2.24, 2.45) is 11.1 Å². The zero-order valence-corrected chi connectivity index (χ0v) is 24.3. The van der Waals surface area contributed by atoms with Gasteiger partial charge in [-0.1, -0.05) is 59.8 Å². The highest BCUT2D eigenvalue weighted by Crippen LogP contribution is 2.70. The van der Waals surface area contributed by atoms with Crippen LogP contribution in [0.2, 0.25) is 0 Å². The third kappa shape index (κ3) is 2.26. The molecule has 13 rings (SSSR count). The molecule has 9 aliphatic carbocycles. The molecule has 4 nitrogen and oxygen atoms in total. The number of fused-ring (bicyclic) bond motifs is 2. The highest BCUT2D eigenvalue weighted by atomic mass is 16.6. The molecule has 0 amide bonds. The summed E-state index contributed by atoms with van der Waals surface area (Å²) < 4.78 is 0. The SMILES string of the molecule is O=C(O)CO/N=C1\C=CC2=C3Cc4cc5c6c7c4c3c3c4c8c9c%10c(c47)C6C(C=C5)C=C%10CCC9C=Cc4ccc(c-3c4-8)C2C1. The van der Waals surface area contributed by atoms with Crippen LogP contribution in [0.3, 0.4) is 0 Å². The van der Waals surface area contributed by atoms with E-state index in [1.54, 1.807) is 44.0 Å². The van der Waals surface area contributed by atoms with Crippen LogP contribution in [-0.2, 0) is 16.1 Å². The Morgan fingerprint density at radius 2 is 1.78 bits per heavy atom. The summed E-state index contributed by atoms with van der Waals surface area (Å²) in [5.74, 6) is 0.445. The van der Waals surface area contributed by atoms with Crippen LogP contribution in [0, 0.1) is 5.92 Å². The zero-order valence-electron chi connectivity index (χ0n) is 24.3. The number of nitrogens with zero attached hydrogens (tertiary/aromatic N) is 1. The summed E-state index contributed by atoms with van der Waals surface area (Å²) >= 11 is 0. The Hall–Kier alpha value is -4.96. The monoisotopic (exact) mass is 579 g/mol. The number of oxime groups is 1. The summed E-state index contributed by atoms with van der Waals surface area (Å²) in [5.41, 5.74) is 24.8. The third-order valence-electron chi connectivity index (χ3n) is 12.7. The van der Waals surface area contributed by atoms with E-state index in [4.69, 9.17) is 9.94 Å². The Kier molecular flexibility index (Phi) is 3.49. The van der Waals surface area contributed by atoms with Gasteiger partial charge in [-0.05, 0) is 136 Å². The average molecular weight is 580 g/mol. The van der Waals surface area contributed by atoms with Crippen LogP contribution in [0.25, 0.3) is 67.1 Å². The lowest BCUT2D eigenvalue weighted by Crippen LogP contribution is -2.22. The molecule has 4 aromatic rings. The first-order valence-corrected chi connectivity index (χ1v) is 16.4. The van der Waals surface area contributed by atoms with Crippen LogP contribution in [-0.4, -0.2) is 23.4 Å². The standard InChI is InChI=1S/C41H25NO3/c43-27(44)15-45-42-22-8-10-23-25(14-22)24-9-7-17-2-1-16-3-4-18-11-19-5-6-20-12-21-13-26(23)35-33(21)38-32(20)31(19)37-30(18)28(16)36-29(17)34(24)39(35)41(36)40(37)38/h1-2,5-12,16,19,25,31H,3-4,13-15H2,(H,43,44)/b42-22+. The summed E-state index contributed by atoms with van der Waals surface area (Å²) in [6, 6.07) is 7.30. The van der Waals surface area contributed by atoms with Crippen molar-refractivity contribution < 1.29 is 14.7 Å². The van der Waals surface area contributed by atoms with Crippen molar-refractivity contribution in [3.05, 3.63) is 104 Å². The molecule has 1 N–H and O–H groups in total. The summed E-state index contributed by atoms with van der Waals surface area (Å²) in [6.07, 6.45) is 20.8. The summed E-state index contributed by atoms with van der Waals surface area (Å²) in [7, 11) is 0. The smallest absolute Gasteiger partial charge is 0.344 e. The van der Waals surface area contributed by atoms with Crippen molar-refractivity contribution in [2.75, 3.05) is 6.61 Å². The Morgan fingerprint density at radius 3 is 2.71 bits per heavy atom. The maximum atomic E-state index is 11.2. The number of hydrogen-bond donors (Lipinski definition) is 1. The lowest BCUT2D eigenvalue weighted by Gasteiger charge is -2.38. The lowest BCUT2D eigenvalue weighted by molar-refractivity contribution is -0.142. The van der Waals surface area contributed by atoms with Crippen LogP contribution in [0.4, 0.5) is 0 Å². The molecule has 0 bridgehead atoms. The molecule has 4 heteroatoms. The first-order chi connectivity index (χ1) is 22.2. The largest absolute Gasteiger partial charge is 0.479 e. The second-order valence-electron chi connectivity index (χ2n) is 14.4. The molecule has 0 spiro atoms. The Balaban J connectivity index is 1.25. The highest BCUT2D eigenvalue weighted by Gasteiger charge is 2.50. The van der Waals surface area contributed by atoms with Crippen molar-refractivity contribution in [1.82, 2.24) is 0 Å². The first kappa shape index (κ1) is 22.5. The molecule has 0 fully saturated rings. The molecule has 0 saturated heterocycles. The summed E-state index contributed by atoms with van der Waals surface area (Å²) in [4.78, 5) is 16.4. The maximum absolute atomic E-state index is 11.2. The van der Waals surface area contributed by atoms with Crippen molar-refractivity contribution in [3.8, 4) is 22.3 Å². The molecule has 9 aliphatic rings. The maximum Gasteiger partial charge on any atom is 0.344 e. The fourth-order valence-electron chi connectivity index (χ4n) is 11.4. The van der Waals surface area contributed by atoms with E-state index in [1.165, 1.54) is 73.0 Å². The lowest BCUT2D eigenvalue weighted by atomic mass is 9.65. The molecule has 4 aromatic carbocycles. The van der Waals surface area contributed by atoms with Crippen molar-refractivity contribution in [3.63, 3.8) is 0 Å². The van der Waals surface area contributed by atoms with Gasteiger partial charge in [0.25, 0.3) is 0 Å². The van der Waals surface area contributed by atoms with Gasteiger partial charge in [0.15, 0.2) is 0 Å². The van der Waals surface area contributed by atoms with Crippen molar-refractivity contribution in [1.29, 1.82) is 0 Å². The van der Waals surface area contributed by atoms with E-state index in [-0.39, 0.29) is 5.92 Å². The van der Waals surface area contributed by atoms with Crippen LogP contribution >= 0.6 is 0 Å². The molecular weight excluding hydrogens is 554 g/mol. The van der Waals surface area contributed by atoms with E-state index in [0.717, 1.165) is 18.6 Å². The fourth-order valence-corrected chi connectivity index (χ4v) is 11.4. The van der Waals surface area contributed by atoms with Gasteiger partial charge in [-0.3, -0.25) is 0 Å². The van der Waals surface area contributed by atoms with Gasteiger partial charge >= 0.3 is 5.97 Å². The third-order valence-corrected chi connectivity index (χ3v) is 12.7. The normalized spacial score (nSPS) is 26.8. The Morgan fingerprint density at radius 1 is 0.867 bits per heavy atom. The minimum atomic E-state index is -1.01. The molecule has 0 heterocycles. The van der Waals surface area contributed by atoms with Crippen LogP contribution in [0.5, 0.6) is 0 Å². The number of rotatable bonds is 3. The predicted molar refractivity (Wildman–Crippen MR) is 177 cm³/mol. The average Bonchev–Trinajstić information content (AvgIpc) is 3.64. The first-order valence-electron chi connectivity index (χ1n) is 16.4. The minimum Gasteiger partial charge on any atom is -0.479 e. The van der Waals surface area contributed by atoms with E-state index < -0.39 is 12.6 Å². The second kappa shape index (κ2) is 6.97. The van der Waals surface area contributed by atoms with Gasteiger partial charge in [0.2, 0.25) is 6.61 Å². The van der Waals surface area contributed by atoms with Gasteiger partial charge in [-0.2, -0.15) is 0 Å². The second-order valence-corrected chi connectivity index (χ2v) is 14.4. The molecule has 0 aromatic heterocycles. The predicted octanol–water partition coefficient (Wildman–Crippen LogP) is 8.85. The molecule has 4 atom stereocenters. The fraction of sp³-hybridized carbons (Fsp3) is 0.220. The van der Waals surface area contributed by atoms with Crippen LogP contribution < -0.4 is 0 Å².